The highest BCUT2D eigenvalue weighted by Gasteiger charge is 2.17. The minimum atomic E-state index is 0.191. The molecular weight excluding hydrogens is 318 g/mol. The molecule has 0 spiro atoms. The van der Waals surface area contributed by atoms with Crippen LogP contribution in [0.2, 0.25) is 0 Å². The van der Waals surface area contributed by atoms with Crippen LogP contribution in [-0.4, -0.2) is 18.2 Å². The van der Waals surface area contributed by atoms with Crippen LogP contribution >= 0.6 is 12.2 Å². The molecule has 0 amide bonds. The zero-order chi connectivity index (χ0) is 17.6. The second kappa shape index (κ2) is 8.15. The van der Waals surface area contributed by atoms with Gasteiger partial charge in [0, 0.05) is 5.56 Å². The van der Waals surface area contributed by atoms with Gasteiger partial charge in [0.1, 0.15) is 29.7 Å². The smallest absolute Gasteiger partial charge is 0.122 e. The second-order valence-electron chi connectivity index (χ2n) is 6.35. The van der Waals surface area contributed by atoms with Crippen molar-refractivity contribution < 1.29 is 9.47 Å². The lowest BCUT2D eigenvalue weighted by molar-refractivity contribution is 0.217. The molecule has 0 aromatic heterocycles. The molecule has 0 aliphatic carbocycles. The van der Waals surface area contributed by atoms with Crippen LogP contribution in [0.15, 0.2) is 48.5 Å². The Bertz CT molecular complexity index is 680. The summed E-state index contributed by atoms with van der Waals surface area (Å²) in [7, 11) is 0. The first kappa shape index (κ1) is 18.3. The average Bonchev–Trinajstić information content (AvgIpc) is 2.59. The lowest BCUT2D eigenvalue weighted by Gasteiger charge is -2.23. The molecule has 2 N–H and O–H groups in total. The van der Waals surface area contributed by atoms with Crippen molar-refractivity contribution in [2.75, 3.05) is 13.2 Å². The zero-order valence-electron chi connectivity index (χ0n) is 14.5. The van der Waals surface area contributed by atoms with Crippen LogP contribution < -0.4 is 15.2 Å². The van der Waals surface area contributed by atoms with E-state index in [0.29, 0.717) is 18.2 Å². The van der Waals surface area contributed by atoms with Gasteiger partial charge in [-0.05, 0) is 41.7 Å². The summed E-state index contributed by atoms with van der Waals surface area (Å²) < 4.78 is 11.4. The second-order valence-corrected chi connectivity index (χ2v) is 6.79. The van der Waals surface area contributed by atoms with Crippen LogP contribution in [0.4, 0.5) is 0 Å². The van der Waals surface area contributed by atoms with Gasteiger partial charge in [-0.1, -0.05) is 57.3 Å². The van der Waals surface area contributed by atoms with Gasteiger partial charge in [-0.3, -0.25) is 0 Å². The van der Waals surface area contributed by atoms with Gasteiger partial charge in [0.05, 0.1) is 0 Å². The van der Waals surface area contributed by atoms with Gasteiger partial charge in [-0.2, -0.15) is 0 Å². The summed E-state index contributed by atoms with van der Waals surface area (Å²) in [5.74, 6) is 1.59. The van der Waals surface area contributed by atoms with E-state index in [-0.39, 0.29) is 5.41 Å². The van der Waals surface area contributed by atoms with Crippen LogP contribution in [0.5, 0.6) is 11.5 Å². The molecule has 2 rings (SSSR count). The summed E-state index contributed by atoms with van der Waals surface area (Å²) in [6.07, 6.45) is 1.10. The largest absolute Gasteiger partial charge is 0.490 e. The third-order valence-electron chi connectivity index (χ3n) is 4.26. The number of nitrogens with two attached hydrogens (primary N) is 1. The van der Waals surface area contributed by atoms with E-state index in [1.807, 2.05) is 36.4 Å². The quantitative estimate of drug-likeness (QED) is 0.567. The minimum Gasteiger partial charge on any atom is -0.490 e. The molecule has 0 heterocycles. The summed E-state index contributed by atoms with van der Waals surface area (Å²) in [5.41, 5.74) is 7.93. The van der Waals surface area contributed by atoms with Crippen molar-refractivity contribution in [3.63, 3.8) is 0 Å². The maximum absolute atomic E-state index is 5.73. The number of benzene rings is 2. The Labute approximate surface area is 149 Å². The first-order valence-electron chi connectivity index (χ1n) is 8.18. The predicted octanol–water partition coefficient (Wildman–Crippen LogP) is 4.47. The summed E-state index contributed by atoms with van der Waals surface area (Å²) in [4.78, 5) is 0.367. The van der Waals surface area contributed by atoms with E-state index >= 15 is 0 Å². The Morgan fingerprint density at radius 1 is 1.00 bits per heavy atom. The lowest BCUT2D eigenvalue weighted by Crippen LogP contribution is -2.15. The van der Waals surface area contributed by atoms with Crippen molar-refractivity contribution in [2.45, 2.75) is 32.6 Å². The number of thiocarbonyl (C=S) groups is 1. The van der Waals surface area contributed by atoms with E-state index in [4.69, 9.17) is 27.4 Å². The van der Waals surface area contributed by atoms with Crippen molar-refractivity contribution in [3.05, 3.63) is 59.7 Å². The topological polar surface area (TPSA) is 44.5 Å². The van der Waals surface area contributed by atoms with E-state index in [1.165, 1.54) is 5.56 Å². The van der Waals surface area contributed by atoms with Gasteiger partial charge >= 0.3 is 0 Å². The molecule has 0 radical (unpaired) electrons. The predicted molar refractivity (Wildman–Crippen MR) is 103 cm³/mol. The lowest BCUT2D eigenvalue weighted by atomic mass is 9.82. The molecule has 0 atom stereocenters. The molecule has 0 aliphatic heterocycles. The minimum absolute atomic E-state index is 0.191. The SMILES string of the molecule is CCC(C)(C)c1ccc(OCCOc2cccc(C(N)=S)c2)cc1. The zero-order valence-corrected chi connectivity index (χ0v) is 15.4. The molecule has 0 bridgehead atoms. The molecule has 4 heteroatoms. The maximum atomic E-state index is 5.73. The van der Waals surface area contributed by atoms with Gasteiger partial charge in [0.25, 0.3) is 0 Å². The van der Waals surface area contributed by atoms with Crippen LogP contribution in [0.1, 0.15) is 38.3 Å². The first-order valence-corrected chi connectivity index (χ1v) is 8.59. The van der Waals surface area contributed by atoms with Crippen molar-refractivity contribution in [2.24, 2.45) is 5.73 Å². The van der Waals surface area contributed by atoms with E-state index in [0.717, 1.165) is 23.5 Å². The molecule has 0 aliphatic rings. The van der Waals surface area contributed by atoms with Gasteiger partial charge in [-0.25, -0.2) is 0 Å². The van der Waals surface area contributed by atoms with Crippen LogP contribution in [0.25, 0.3) is 0 Å². The van der Waals surface area contributed by atoms with Crippen LogP contribution in [0, 0.1) is 0 Å². The van der Waals surface area contributed by atoms with Gasteiger partial charge in [-0.15, -0.1) is 0 Å². The molecule has 0 saturated heterocycles. The Balaban J connectivity index is 1.82. The highest BCUT2D eigenvalue weighted by atomic mass is 32.1. The fourth-order valence-corrected chi connectivity index (χ4v) is 2.39. The number of rotatable bonds is 8. The number of hydrogen-bond donors (Lipinski definition) is 1. The summed E-state index contributed by atoms with van der Waals surface area (Å²) >= 11 is 4.96. The molecular formula is C20H25NO2S. The number of ether oxygens (including phenoxy) is 2. The fraction of sp³-hybridized carbons (Fsp3) is 0.350. The van der Waals surface area contributed by atoms with Crippen molar-refractivity contribution in [1.29, 1.82) is 0 Å². The normalized spacial score (nSPS) is 11.1. The number of hydrogen-bond acceptors (Lipinski definition) is 3. The fourth-order valence-electron chi connectivity index (χ4n) is 2.26. The Kier molecular flexibility index (Phi) is 6.21. The standard InChI is InChI=1S/C20H25NO2S/c1-4-20(2,3)16-8-10-17(11-9-16)22-12-13-23-18-7-5-6-15(14-18)19(21)24/h5-11,14H,4,12-13H2,1-3H3,(H2,21,24). The third-order valence-corrected chi connectivity index (χ3v) is 4.49. The molecule has 0 unspecified atom stereocenters. The third kappa shape index (κ3) is 4.96. The van der Waals surface area contributed by atoms with E-state index < -0.39 is 0 Å². The highest BCUT2D eigenvalue weighted by molar-refractivity contribution is 7.80. The molecule has 2 aromatic carbocycles. The Morgan fingerprint density at radius 2 is 1.62 bits per heavy atom. The molecule has 0 fully saturated rings. The first-order chi connectivity index (χ1) is 11.4. The highest BCUT2D eigenvalue weighted by Crippen LogP contribution is 2.28. The van der Waals surface area contributed by atoms with E-state index in [1.54, 1.807) is 0 Å². The molecule has 0 saturated carbocycles. The van der Waals surface area contributed by atoms with E-state index in [9.17, 15) is 0 Å². The monoisotopic (exact) mass is 343 g/mol. The van der Waals surface area contributed by atoms with Gasteiger partial charge in [0.2, 0.25) is 0 Å². The molecule has 3 nitrogen and oxygen atoms in total. The van der Waals surface area contributed by atoms with Crippen LogP contribution in [-0.2, 0) is 5.41 Å². The van der Waals surface area contributed by atoms with Gasteiger partial charge < -0.3 is 15.2 Å². The van der Waals surface area contributed by atoms with Crippen molar-refractivity contribution in [1.82, 2.24) is 0 Å². The average molecular weight is 343 g/mol. The summed E-state index contributed by atoms with van der Waals surface area (Å²) in [6, 6.07) is 15.7. The Hall–Kier alpha value is -2.07. The van der Waals surface area contributed by atoms with Crippen molar-refractivity contribution in [3.8, 4) is 11.5 Å². The maximum Gasteiger partial charge on any atom is 0.122 e. The van der Waals surface area contributed by atoms with E-state index in [2.05, 4.69) is 32.9 Å². The molecule has 2 aromatic rings. The summed E-state index contributed by atoms with van der Waals surface area (Å²) in [5, 5.41) is 0. The summed E-state index contributed by atoms with van der Waals surface area (Å²) in [6.45, 7) is 7.64. The molecule has 24 heavy (non-hydrogen) atoms. The van der Waals surface area contributed by atoms with Crippen LogP contribution in [0.3, 0.4) is 0 Å². The Morgan fingerprint density at radius 3 is 2.21 bits per heavy atom. The van der Waals surface area contributed by atoms with Crippen molar-refractivity contribution >= 4 is 17.2 Å². The molecule has 128 valence electrons. The van der Waals surface area contributed by atoms with Gasteiger partial charge in [0.15, 0.2) is 0 Å².